The van der Waals surface area contributed by atoms with Crippen molar-refractivity contribution in [2.75, 3.05) is 11.9 Å². The summed E-state index contributed by atoms with van der Waals surface area (Å²) >= 11 is 5.52. The Balaban J connectivity index is 2.00. The topological polar surface area (TPSA) is 58.2 Å². The Morgan fingerprint density at radius 3 is 2.23 bits per heavy atom. The number of carbonyl (C=O) groups is 2. The van der Waals surface area contributed by atoms with Gasteiger partial charge in [0.2, 0.25) is 5.91 Å². The highest BCUT2D eigenvalue weighted by Crippen LogP contribution is 2.36. The van der Waals surface area contributed by atoms with Crippen LogP contribution < -0.4 is 10.6 Å². The highest BCUT2D eigenvalue weighted by molar-refractivity contribution is 6.31. The molecule has 0 spiro atoms. The molecule has 0 radical (unpaired) electrons. The van der Waals surface area contributed by atoms with Gasteiger partial charge in [0, 0.05) is 11.3 Å². The van der Waals surface area contributed by atoms with Crippen LogP contribution in [0.4, 0.5) is 18.9 Å². The number of hydrogen-bond donors (Lipinski definition) is 2. The van der Waals surface area contributed by atoms with Crippen LogP contribution in [0.2, 0.25) is 5.02 Å². The van der Waals surface area contributed by atoms with E-state index >= 15 is 0 Å². The van der Waals surface area contributed by atoms with Gasteiger partial charge in [0.25, 0.3) is 5.91 Å². The summed E-state index contributed by atoms with van der Waals surface area (Å²) in [6.07, 6.45) is -4.63. The summed E-state index contributed by atoms with van der Waals surface area (Å²) in [4.78, 5) is 24.0. The number of halogens is 4. The van der Waals surface area contributed by atoms with Gasteiger partial charge in [-0.3, -0.25) is 9.59 Å². The lowest BCUT2D eigenvalue weighted by molar-refractivity contribution is -0.137. The van der Waals surface area contributed by atoms with Crippen molar-refractivity contribution in [1.29, 1.82) is 0 Å². The second-order valence-corrected chi connectivity index (χ2v) is 6.21. The molecule has 26 heavy (non-hydrogen) atoms. The molecule has 0 saturated heterocycles. The normalized spacial score (nSPS) is 11.2. The van der Waals surface area contributed by atoms with E-state index in [-0.39, 0.29) is 12.2 Å². The summed E-state index contributed by atoms with van der Waals surface area (Å²) in [5.74, 6) is -1.10. The predicted molar refractivity (Wildman–Crippen MR) is 93.3 cm³/mol. The molecule has 2 aromatic carbocycles. The number of carbonyl (C=O) groups excluding carboxylic acids is 2. The maximum atomic E-state index is 12.8. The molecule has 2 rings (SSSR count). The van der Waals surface area contributed by atoms with Crippen molar-refractivity contribution < 1.29 is 22.8 Å². The van der Waals surface area contributed by atoms with E-state index in [2.05, 4.69) is 10.6 Å². The lowest BCUT2D eigenvalue weighted by Crippen LogP contribution is -2.33. The van der Waals surface area contributed by atoms with E-state index in [0.717, 1.165) is 23.3 Å². The SMILES string of the molecule is Cc1cc(C)cc(C(=O)NCC(=O)Nc2ccc(Cl)c(C(F)(F)F)c2)c1. The van der Waals surface area contributed by atoms with Crippen molar-refractivity contribution in [3.05, 3.63) is 63.7 Å². The van der Waals surface area contributed by atoms with Crippen molar-refractivity contribution in [3.63, 3.8) is 0 Å². The van der Waals surface area contributed by atoms with Crippen molar-refractivity contribution in [1.82, 2.24) is 5.32 Å². The maximum Gasteiger partial charge on any atom is 0.417 e. The number of alkyl halides is 3. The number of benzene rings is 2. The molecule has 0 aliphatic heterocycles. The zero-order chi connectivity index (χ0) is 19.5. The van der Waals surface area contributed by atoms with Crippen molar-refractivity contribution >= 4 is 29.1 Å². The lowest BCUT2D eigenvalue weighted by Gasteiger charge is -2.12. The van der Waals surface area contributed by atoms with Crippen LogP contribution in [0.1, 0.15) is 27.0 Å². The maximum absolute atomic E-state index is 12.8. The Morgan fingerprint density at radius 2 is 1.65 bits per heavy atom. The Bertz CT molecular complexity index is 831. The molecule has 0 fully saturated rings. The van der Waals surface area contributed by atoms with Crippen LogP contribution in [0.25, 0.3) is 0 Å². The minimum absolute atomic E-state index is 0.0626. The average molecular weight is 385 g/mol. The van der Waals surface area contributed by atoms with E-state index in [0.29, 0.717) is 5.56 Å². The predicted octanol–water partition coefficient (Wildman–Crippen LogP) is 4.34. The van der Waals surface area contributed by atoms with E-state index in [9.17, 15) is 22.8 Å². The van der Waals surface area contributed by atoms with Crippen molar-refractivity contribution in [2.45, 2.75) is 20.0 Å². The molecule has 8 heteroatoms. The molecule has 0 aromatic heterocycles. The molecule has 138 valence electrons. The minimum Gasteiger partial charge on any atom is -0.343 e. The van der Waals surface area contributed by atoms with E-state index < -0.39 is 28.6 Å². The smallest absolute Gasteiger partial charge is 0.343 e. The van der Waals surface area contributed by atoms with Crippen LogP contribution >= 0.6 is 11.6 Å². The molecule has 0 bridgehead atoms. The summed E-state index contributed by atoms with van der Waals surface area (Å²) in [6.45, 7) is 3.31. The summed E-state index contributed by atoms with van der Waals surface area (Å²) < 4.78 is 38.5. The number of aryl methyl sites for hydroxylation is 2. The summed E-state index contributed by atoms with van der Waals surface area (Å²) in [5, 5.41) is 4.27. The van der Waals surface area contributed by atoms with E-state index in [1.165, 1.54) is 6.07 Å². The van der Waals surface area contributed by atoms with Crippen LogP contribution in [-0.2, 0) is 11.0 Å². The number of nitrogens with one attached hydrogen (secondary N) is 2. The van der Waals surface area contributed by atoms with Gasteiger partial charge < -0.3 is 10.6 Å². The van der Waals surface area contributed by atoms with Gasteiger partial charge in [-0.15, -0.1) is 0 Å². The molecule has 2 amide bonds. The highest BCUT2D eigenvalue weighted by Gasteiger charge is 2.33. The molecular weight excluding hydrogens is 369 g/mol. The zero-order valence-corrected chi connectivity index (χ0v) is 14.8. The van der Waals surface area contributed by atoms with Crippen LogP contribution in [0, 0.1) is 13.8 Å². The number of rotatable bonds is 4. The Labute approximate surface area is 153 Å². The third-order valence-corrected chi connectivity index (χ3v) is 3.78. The Hall–Kier alpha value is -2.54. The largest absolute Gasteiger partial charge is 0.417 e. The first kappa shape index (κ1) is 19.8. The fraction of sp³-hybridized carbons (Fsp3) is 0.222. The molecule has 0 saturated carbocycles. The van der Waals surface area contributed by atoms with E-state index in [1.807, 2.05) is 19.9 Å². The first-order chi connectivity index (χ1) is 12.1. The van der Waals surface area contributed by atoms with E-state index in [1.54, 1.807) is 12.1 Å². The lowest BCUT2D eigenvalue weighted by atomic mass is 10.1. The van der Waals surface area contributed by atoms with Gasteiger partial charge in [-0.2, -0.15) is 13.2 Å². The first-order valence-corrected chi connectivity index (χ1v) is 7.97. The molecule has 0 aliphatic carbocycles. The Morgan fingerprint density at radius 1 is 1.04 bits per heavy atom. The molecule has 2 aromatic rings. The van der Waals surface area contributed by atoms with E-state index in [4.69, 9.17) is 11.6 Å². The Kier molecular flexibility index (Phi) is 5.92. The molecular formula is C18H16ClF3N2O2. The van der Waals surface area contributed by atoms with Crippen LogP contribution in [0.5, 0.6) is 0 Å². The number of hydrogen-bond acceptors (Lipinski definition) is 2. The molecule has 2 N–H and O–H groups in total. The summed E-state index contributed by atoms with van der Waals surface area (Å²) in [7, 11) is 0. The van der Waals surface area contributed by atoms with Gasteiger partial charge in [0.05, 0.1) is 17.1 Å². The minimum atomic E-state index is -4.63. The molecule has 0 aliphatic rings. The third kappa shape index (κ3) is 5.23. The summed E-state index contributed by atoms with van der Waals surface area (Å²) in [5.41, 5.74) is 1.10. The van der Waals surface area contributed by atoms with Gasteiger partial charge in [-0.1, -0.05) is 28.8 Å². The van der Waals surface area contributed by atoms with Gasteiger partial charge in [0.15, 0.2) is 0 Å². The van der Waals surface area contributed by atoms with Gasteiger partial charge in [-0.05, 0) is 44.2 Å². The van der Waals surface area contributed by atoms with Crippen LogP contribution in [0.15, 0.2) is 36.4 Å². The molecule has 0 atom stereocenters. The fourth-order valence-corrected chi connectivity index (χ4v) is 2.62. The average Bonchev–Trinajstić information content (AvgIpc) is 2.52. The van der Waals surface area contributed by atoms with Crippen LogP contribution in [-0.4, -0.2) is 18.4 Å². The van der Waals surface area contributed by atoms with Crippen molar-refractivity contribution in [2.24, 2.45) is 0 Å². The molecule has 0 heterocycles. The first-order valence-electron chi connectivity index (χ1n) is 7.59. The van der Waals surface area contributed by atoms with Crippen molar-refractivity contribution in [3.8, 4) is 0 Å². The fourth-order valence-electron chi connectivity index (χ4n) is 2.39. The van der Waals surface area contributed by atoms with Crippen LogP contribution in [0.3, 0.4) is 0 Å². The number of anilines is 1. The number of amides is 2. The second-order valence-electron chi connectivity index (χ2n) is 5.80. The summed E-state index contributed by atoms with van der Waals surface area (Å²) in [6, 6.07) is 8.30. The van der Waals surface area contributed by atoms with Gasteiger partial charge in [-0.25, -0.2) is 0 Å². The second kappa shape index (κ2) is 7.78. The highest BCUT2D eigenvalue weighted by atomic mass is 35.5. The van der Waals surface area contributed by atoms with Gasteiger partial charge in [0.1, 0.15) is 0 Å². The third-order valence-electron chi connectivity index (χ3n) is 3.45. The van der Waals surface area contributed by atoms with Gasteiger partial charge >= 0.3 is 6.18 Å². The zero-order valence-electron chi connectivity index (χ0n) is 14.0. The molecule has 4 nitrogen and oxygen atoms in total. The monoisotopic (exact) mass is 384 g/mol. The standard InChI is InChI=1S/C18H16ClF3N2O2/c1-10-5-11(2)7-12(6-10)17(26)23-9-16(25)24-13-3-4-15(19)14(8-13)18(20,21)22/h3-8H,9H2,1-2H3,(H,23,26)(H,24,25). The quantitative estimate of drug-likeness (QED) is 0.823. The molecule has 0 unspecified atom stereocenters.